The normalized spacial score (nSPS) is 18.0. The number of nitrogens with zero attached hydrogens (tertiary/aromatic N) is 1. The van der Waals surface area contributed by atoms with E-state index in [2.05, 4.69) is 27.0 Å². The number of hydrogen-bond donors (Lipinski definition) is 4. The van der Waals surface area contributed by atoms with Gasteiger partial charge in [0.1, 0.15) is 17.8 Å². The third kappa shape index (κ3) is 6.01. The molecule has 3 rings (SSSR count). The summed E-state index contributed by atoms with van der Waals surface area (Å²) in [6.07, 6.45) is 1.26. The lowest BCUT2D eigenvalue weighted by Crippen LogP contribution is -2.51. The van der Waals surface area contributed by atoms with Gasteiger partial charge in [0.05, 0.1) is 6.07 Å². The fraction of sp³-hybridized carbons (Fsp3) is 0.478. The highest BCUT2D eigenvalue weighted by molar-refractivity contribution is 6.31. The van der Waals surface area contributed by atoms with Crippen LogP contribution in [0.3, 0.4) is 0 Å². The van der Waals surface area contributed by atoms with Crippen LogP contribution in [-0.2, 0) is 9.59 Å². The minimum atomic E-state index is -0.842. The molecular weight excluding hydrogens is 430 g/mol. The van der Waals surface area contributed by atoms with Crippen LogP contribution in [0, 0.1) is 22.7 Å². The van der Waals surface area contributed by atoms with E-state index in [0.29, 0.717) is 30.1 Å². The molecule has 3 atom stereocenters. The van der Waals surface area contributed by atoms with Crippen LogP contribution in [0.15, 0.2) is 24.3 Å². The maximum atomic E-state index is 13.0. The molecule has 0 spiro atoms. The highest BCUT2D eigenvalue weighted by Crippen LogP contribution is 2.23. The SMILES string of the molecule is CC(C)(C)C[C@H](NC(=O)c1cc2ccc(Cl)cc2[nH]1)C(=O)N[C@H](C#N)C[C@@H]1CCNC1=O. The number of amides is 3. The molecule has 1 fully saturated rings. The Hall–Kier alpha value is -3.05. The van der Waals surface area contributed by atoms with E-state index in [4.69, 9.17) is 11.6 Å². The Morgan fingerprint density at radius 1 is 1.28 bits per heavy atom. The van der Waals surface area contributed by atoms with E-state index < -0.39 is 23.9 Å². The van der Waals surface area contributed by atoms with E-state index in [1.165, 1.54) is 0 Å². The van der Waals surface area contributed by atoms with Crippen LogP contribution in [0.5, 0.6) is 0 Å². The number of nitriles is 1. The van der Waals surface area contributed by atoms with E-state index in [1.807, 2.05) is 20.8 Å². The Labute approximate surface area is 192 Å². The van der Waals surface area contributed by atoms with Crippen molar-refractivity contribution in [2.24, 2.45) is 11.3 Å². The molecule has 1 saturated heterocycles. The molecule has 1 aromatic heterocycles. The van der Waals surface area contributed by atoms with Gasteiger partial charge >= 0.3 is 0 Å². The molecule has 4 N–H and O–H groups in total. The van der Waals surface area contributed by atoms with Gasteiger partial charge in [0, 0.05) is 28.4 Å². The van der Waals surface area contributed by atoms with Crippen molar-refractivity contribution < 1.29 is 14.4 Å². The van der Waals surface area contributed by atoms with Crippen molar-refractivity contribution in [3.05, 3.63) is 35.0 Å². The Balaban J connectivity index is 1.72. The number of halogens is 1. The summed E-state index contributed by atoms with van der Waals surface area (Å²) >= 11 is 6.01. The van der Waals surface area contributed by atoms with Crippen LogP contribution < -0.4 is 16.0 Å². The van der Waals surface area contributed by atoms with Crippen molar-refractivity contribution in [2.45, 2.75) is 52.1 Å². The van der Waals surface area contributed by atoms with E-state index in [1.54, 1.807) is 24.3 Å². The maximum Gasteiger partial charge on any atom is 0.268 e. The Kier molecular flexibility index (Phi) is 7.09. The summed E-state index contributed by atoms with van der Waals surface area (Å²) < 4.78 is 0. The number of fused-ring (bicyclic) bond motifs is 1. The van der Waals surface area contributed by atoms with Crippen molar-refractivity contribution in [3.8, 4) is 6.07 Å². The summed E-state index contributed by atoms with van der Waals surface area (Å²) in [5.74, 6) is -1.27. The Bertz CT molecular complexity index is 1070. The fourth-order valence-corrected chi connectivity index (χ4v) is 4.02. The first-order valence-corrected chi connectivity index (χ1v) is 11.0. The number of H-pyrrole nitrogens is 1. The number of rotatable bonds is 7. The third-order valence-electron chi connectivity index (χ3n) is 5.42. The number of aromatic nitrogens is 1. The lowest BCUT2D eigenvalue weighted by atomic mass is 9.87. The molecule has 3 amide bonds. The molecule has 0 aliphatic carbocycles. The second-order valence-corrected chi connectivity index (χ2v) is 9.84. The number of hydrogen-bond acceptors (Lipinski definition) is 4. The molecule has 1 aromatic carbocycles. The molecule has 1 aliphatic heterocycles. The highest BCUT2D eigenvalue weighted by atomic mass is 35.5. The maximum absolute atomic E-state index is 13.0. The van der Waals surface area contributed by atoms with E-state index in [-0.39, 0.29) is 23.7 Å². The number of carbonyl (C=O) groups excluding carboxylic acids is 3. The van der Waals surface area contributed by atoms with Crippen molar-refractivity contribution in [1.82, 2.24) is 20.9 Å². The molecular formula is C23H28ClN5O3. The molecule has 2 heterocycles. The summed E-state index contributed by atoms with van der Waals surface area (Å²) in [5, 5.41) is 19.1. The van der Waals surface area contributed by atoms with Crippen molar-refractivity contribution in [2.75, 3.05) is 6.54 Å². The Morgan fingerprint density at radius 3 is 2.66 bits per heavy atom. The van der Waals surface area contributed by atoms with Crippen LogP contribution >= 0.6 is 11.6 Å². The van der Waals surface area contributed by atoms with Gasteiger partial charge in [0.2, 0.25) is 11.8 Å². The first kappa shape index (κ1) is 23.6. The van der Waals surface area contributed by atoms with Crippen molar-refractivity contribution in [1.29, 1.82) is 5.26 Å². The van der Waals surface area contributed by atoms with Gasteiger partial charge in [-0.25, -0.2) is 0 Å². The van der Waals surface area contributed by atoms with E-state index in [9.17, 15) is 19.6 Å². The molecule has 170 valence electrons. The smallest absolute Gasteiger partial charge is 0.268 e. The van der Waals surface area contributed by atoms with Crippen LogP contribution in [0.25, 0.3) is 10.9 Å². The monoisotopic (exact) mass is 457 g/mol. The van der Waals surface area contributed by atoms with Crippen LogP contribution in [-0.4, -0.2) is 41.3 Å². The molecule has 9 heteroatoms. The lowest BCUT2D eigenvalue weighted by molar-refractivity contribution is -0.125. The van der Waals surface area contributed by atoms with Crippen LogP contribution in [0.4, 0.5) is 0 Å². The van der Waals surface area contributed by atoms with Gasteiger partial charge in [-0.05, 0) is 42.9 Å². The molecule has 8 nitrogen and oxygen atoms in total. The number of benzene rings is 1. The van der Waals surface area contributed by atoms with Gasteiger partial charge in [0.25, 0.3) is 5.91 Å². The van der Waals surface area contributed by atoms with Crippen molar-refractivity contribution >= 4 is 40.2 Å². The third-order valence-corrected chi connectivity index (χ3v) is 5.66. The highest BCUT2D eigenvalue weighted by Gasteiger charge is 2.31. The molecule has 0 unspecified atom stereocenters. The van der Waals surface area contributed by atoms with Gasteiger partial charge in [-0.2, -0.15) is 5.26 Å². The summed E-state index contributed by atoms with van der Waals surface area (Å²) in [7, 11) is 0. The quantitative estimate of drug-likeness (QED) is 0.509. The van der Waals surface area contributed by atoms with E-state index in [0.717, 1.165) is 10.9 Å². The average molecular weight is 458 g/mol. The summed E-state index contributed by atoms with van der Waals surface area (Å²) in [5.41, 5.74) is 0.781. The van der Waals surface area contributed by atoms with Gasteiger partial charge in [-0.15, -0.1) is 0 Å². The number of nitrogens with one attached hydrogen (secondary N) is 4. The molecule has 32 heavy (non-hydrogen) atoms. The predicted molar refractivity (Wildman–Crippen MR) is 122 cm³/mol. The van der Waals surface area contributed by atoms with Gasteiger partial charge in [0.15, 0.2) is 0 Å². The first-order valence-electron chi connectivity index (χ1n) is 10.6. The molecule has 0 bridgehead atoms. The second-order valence-electron chi connectivity index (χ2n) is 9.41. The zero-order chi connectivity index (χ0) is 23.5. The minimum absolute atomic E-state index is 0.0991. The largest absolute Gasteiger partial charge is 0.356 e. The summed E-state index contributed by atoms with van der Waals surface area (Å²) in [6, 6.07) is 7.38. The van der Waals surface area contributed by atoms with Crippen molar-refractivity contribution in [3.63, 3.8) is 0 Å². The van der Waals surface area contributed by atoms with Crippen LogP contribution in [0.2, 0.25) is 5.02 Å². The van der Waals surface area contributed by atoms with E-state index >= 15 is 0 Å². The Morgan fingerprint density at radius 2 is 2.03 bits per heavy atom. The molecule has 0 radical (unpaired) electrons. The zero-order valence-electron chi connectivity index (χ0n) is 18.4. The van der Waals surface area contributed by atoms with Gasteiger partial charge in [-0.1, -0.05) is 38.4 Å². The molecule has 0 saturated carbocycles. The molecule has 1 aliphatic rings. The fourth-order valence-electron chi connectivity index (χ4n) is 3.85. The van der Waals surface area contributed by atoms with Gasteiger partial charge in [-0.3, -0.25) is 14.4 Å². The van der Waals surface area contributed by atoms with Crippen LogP contribution in [0.1, 0.15) is 50.5 Å². The number of aromatic amines is 1. The zero-order valence-corrected chi connectivity index (χ0v) is 19.2. The number of carbonyl (C=O) groups is 3. The standard InChI is InChI=1S/C23H28ClN5O3/c1-23(2,3)11-19(22(32)27-16(12-25)8-14-6-7-26-20(14)30)29-21(31)18-9-13-4-5-15(24)10-17(13)28-18/h4-5,9-10,14,16,19,28H,6-8,11H2,1-3H3,(H,26,30)(H,27,32)(H,29,31)/t14-,16-,19-/m0/s1. The minimum Gasteiger partial charge on any atom is -0.356 e. The topological polar surface area (TPSA) is 127 Å². The first-order chi connectivity index (χ1) is 15.1. The summed E-state index contributed by atoms with van der Waals surface area (Å²) in [6.45, 7) is 6.48. The average Bonchev–Trinajstić information content (AvgIpc) is 3.31. The predicted octanol–water partition coefficient (Wildman–Crippen LogP) is 2.89. The molecule has 2 aromatic rings. The second kappa shape index (κ2) is 9.61. The van der Waals surface area contributed by atoms with Gasteiger partial charge < -0.3 is 20.9 Å². The lowest BCUT2D eigenvalue weighted by Gasteiger charge is -2.27. The summed E-state index contributed by atoms with van der Waals surface area (Å²) in [4.78, 5) is 40.8.